The molecule has 0 saturated heterocycles. The number of unbranched alkanes of at least 4 members (excludes halogenated alkanes) is 2. The number of allylic oxidation sites excluding steroid dienone is 4. The van der Waals surface area contributed by atoms with Gasteiger partial charge >= 0.3 is 0 Å². The molecule has 1 saturated carbocycles. The largest absolute Gasteiger partial charge is 0.0814 e. The molecule has 0 aromatic heterocycles. The van der Waals surface area contributed by atoms with Gasteiger partial charge in [0.25, 0.3) is 0 Å². The highest BCUT2D eigenvalue weighted by molar-refractivity contribution is 5.27. The molecule has 0 aliphatic heterocycles. The minimum Gasteiger partial charge on any atom is -0.0814 e. The van der Waals surface area contributed by atoms with E-state index in [1.54, 1.807) is 11.1 Å². The number of hydrogen-bond acceptors (Lipinski definition) is 0. The monoisotopic (exact) mass is 332 g/mol. The van der Waals surface area contributed by atoms with Crippen molar-refractivity contribution < 1.29 is 0 Å². The maximum atomic E-state index is 2.52. The van der Waals surface area contributed by atoms with E-state index in [0.717, 1.165) is 17.8 Å². The highest BCUT2D eigenvalue weighted by Crippen LogP contribution is 2.34. The summed E-state index contributed by atoms with van der Waals surface area (Å²) in [4.78, 5) is 0. The average Bonchev–Trinajstić information content (AvgIpc) is 3.38. The molecule has 0 bridgehead atoms. The second kappa shape index (κ2) is 12.8. The highest BCUT2D eigenvalue weighted by atomic mass is 14.3. The molecule has 0 amide bonds. The van der Waals surface area contributed by atoms with E-state index in [9.17, 15) is 0 Å². The first-order chi connectivity index (χ1) is 11.6. The zero-order chi connectivity index (χ0) is 17.8. The predicted molar refractivity (Wildman–Crippen MR) is 110 cm³/mol. The normalized spacial score (nSPS) is 18.7. The lowest BCUT2D eigenvalue weighted by Gasteiger charge is -2.20. The first-order valence-electron chi connectivity index (χ1n) is 11.0. The van der Waals surface area contributed by atoms with Crippen molar-refractivity contribution in [2.75, 3.05) is 0 Å². The van der Waals surface area contributed by atoms with E-state index in [2.05, 4.69) is 46.8 Å². The number of hydrogen-bond donors (Lipinski definition) is 0. The molecule has 0 nitrogen and oxygen atoms in total. The van der Waals surface area contributed by atoms with E-state index in [1.807, 2.05) is 0 Å². The second-order valence-corrected chi connectivity index (χ2v) is 8.30. The van der Waals surface area contributed by atoms with Gasteiger partial charge < -0.3 is 0 Å². The van der Waals surface area contributed by atoms with Crippen LogP contribution < -0.4 is 0 Å². The Bertz CT molecular complexity index is 369. The van der Waals surface area contributed by atoms with Gasteiger partial charge in [-0.2, -0.15) is 0 Å². The van der Waals surface area contributed by atoms with Crippen LogP contribution in [-0.4, -0.2) is 0 Å². The maximum absolute atomic E-state index is 2.52. The minimum atomic E-state index is 0.737. The first kappa shape index (κ1) is 21.5. The van der Waals surface area contributed by atoms with E-state index in [-0.39, 0.29) is 0 Å². The third-order valence-corrected chi connectivity index (χ3v) is 5.78. The van der Waals surface area contributed by atoms with Crippen LogP contribution in [0.2, 0.25) is 0 Å². The molecule has 140 valence electrons. The van der Waals surface area contributed by atoms with Crippen LogP contribution in [-0.2, 0) is 0 Å². The summed E-state index contributed by atoms with van der Waals surface area (Å²) in [6, 6.07) is 0. The summed E-state index contributed by atoms with van der Waals surface area (Å²) in [5, 5.41) is 0. The number of rotatable bonds is 14. The third kappa shape index (κ3) is 9.09. The van der Waals surface area contributed by atoms with Crippen LogP contribution in [0.3, 0.4) is 0 Å². The smallest absolute Gasteiger partial charge is 0.0165 e. The van der Waals surface area contributed by atoms with Crippen LogP contribution in [0.4, 0.5) is 0 Å². The summed E-state index contributed by atoms with van der Waals surface area (Å²) in [6.45, 7) is 11.8. The van der Waals surface area contributed by atoms with Crippen molar-refractivity contribution in [3.63, 3.8) is 0 Å². The summed E-state index contributed by atoms with van der Waals surface area (Å²) in [5.41, 5.74) is 3.31. The van der Waals surface area contributed by atoms with Crippen molar-refractivity contribution >= 4 is 0 Å². The van der Waals surface area contributed by atoms with Gasteiger partial charge in [0, 0.05) is 0 Å². The minimum absolute atomic E-state index is 0.737. The lowest BCUT2D eigenvalue weighted by Crippen LogP contribution is -2.05. The van der Waals surface area contributed by atoms with E-state index in [4.69, 9.17) is 0 Å². The van der Waals surface area contributed by atoms with Gasteiger partial charge in [0.05, 0.1) is 0 Å². The lowest BCUT2D eigenvalue weighted by molar-refractivity contribution is 0.505. The molecule has 2 atom stereocenters. The van der Waals surface area contributed by atoms with Crippen LogP contribution in [0.15, 0.2) is 23.3 Å². The maximum Gasteiger partial charge on any atom is -0.0165 e. The van der Waals surface area contributed by atoms with E-state index >= 15 is 0 Å². The molecular weight excluding hydrogens is 288 g/mol. The van der Waals surface area contributed by atoms with Gasteiger partial charge in [0.1, 0.15) is 0 Å². The Labute approximate surface area is 153 Å². The first-order valence-corrected chi connectivity index (χ1v) is 11.0. The SMILES string of the molecule is CCCCCC(CC)C(C=CC(C)CCCC1CC1)=C(C)CCC. The molecule has 0 radical (unpaired) electrons. The Morgan fingerprint density at radius 3 is 2.33 bits per heavy atom. The molecule has 0 N–H and O–H groups in total. The fourth-order valence-corrected chi connectivity index (χ4v) is 3.87. The van der Waals surface area contributed by atoms with Crippen LogP contribution in [0.25, 0.3) is 0 Å². The summed E-state index contributed by atoms with van der Waals surface area (Å²) >= 11 is 0. The van der Waals surface area contributed by atoms with Gasteiger partial charge in [0.2, 0.25) is 0 Å². The molecule has 1 rings (SSSR count). The van der Waals surface area contributed by atoms with E-state index < -0.39 is 0 Å². The average molecular weight is 333 g/mol. The molecule has 2 unspecified atom stereocenters. The fourth-order valence-electron chi connectivity index (χ4n) is 3.87. The quantitative estimate of drug-likeness (QED) is 0.221. The third-order valence-electron chi connectivity index (χ3n) is 5.78. The van der Waals surface area contributed by atoms with Crippen molar-refractivity contribution in [2.45, 2.75) is 112 Å². The molecule has 0 aromatic carbocycles. The van der Waals surface area contributed by atoms with Crippen molar-refractivity contribution in [2.24, 2.45) is 17.8 Å². The zero-order valence-electron chi connectivity index (χ0n) is 17.4. The molecule has 1 fully saturated rings. The molecule has 1 aliphatic rings. The van der Waals surface area contributed by atoms with Gasteiger partial charge in [-0.25, -0.2) is 0 Å². The zero-order valence-corrected chi connectivity index (χ0v) is 17.4. The Morgan fingerprint density at radius 1 is 1.00 bits per heavy atom. The van der Waals surface area contributed by atoms with Crippen molar-refractivity contribution in [3.05, 3.63) is 23.3 Å². The molecule has 24 heavy (non-hydrogen) atoms. The van der Waals surface area contributed by atoms with Gasteiger partial charge in [-0.1, -0.05) is 96.8 Å². The molecule has 1 aliphatic carbocycles. The topological polar surface area (TPSA) is 0 Å². The van der Waals surface area contributed by atoms with Crippen LogP contribution in [0, 0.1) is 17.8 Å². The summed E-state index contributed by atoms with van der Waals surface area (Å²) in [7, 11) is 0. The predicted octanol–water partition coefficient (Wildman–Crippen LogP) is 8.48. The molecule has 0 spiro atoms. The summed E-state index contributed by atoms with van der Waals surface area (Å²) in [5.74, 6) is 2.60. The fraction of sp³-hybridized carbons (Fsp3) is 0.833. The van der Waals surface area contributed by atoms with E-state index in [0.29, 0.717) is 0 Å². The van der Waals surface area contributed by atoms with Crippen LogP contribution >= 0.6 is 0 Å². The van der Waals surface area contributed by atoms with Crippen molar-refractivity contribution in [1.82, 2.24) is 0 Å². The second-order valence-electron chi connectivity index (χ2n) is 8.30. The van der Waals surface area contributed by atoms with E-state index in [1.165, 1.54) is 77.0 Å². The summed E-state index contributed by atoms with van der Waals surface area (Å²) in [6.07, 6.45) is 21.6. The lowest BCUT2D eigenvalue weighted by atomic mass is 9.85. The van der Waals surface area contributed by atoms with Gasteiger partial charge in [-0.15, -0.1) is 0 Å². The van der Waals surface area contributed by atoms with Crippen molar-refractivity contribution in [1.29, 1.82) is 0 Å². The molecular formula is C24H44. The molecule has 0 aromatic rings. The van der Waals surface area contributed by atoms with Gasteiger partial charge in [-0.3, -0.25) is 0 Å². The molecule has 0 heterocycles. The Kier molecular flexibility index (Phi) is 11.5. The summed E-state index contributed by atoms with van der Waals surface area (Å²) < 4.78 is 0. The van der Waals surface area contributed by atoms with Gasteiger partial charge in [0.15, 0.2) is 0 Å². The van der Waals surface area contributed by atoms with Gasteiger partial charge in [-0.05, 0) is 55.9 Å². The Balaban J connectivity index is 2.61. The highest BCUT2D eigenvalue weighted by Gasteiger charge is 2.20. The molecule has 0 heteroatoms. The Morgan fingerprint density at radius 2 is 1.75 bits per heavy atom. The Hall–Kier alpha value is -0.520. The van der Waals surface area contributed by atoms with Crippen LogP contribution in [0.1, 0.15) is 112 Å². The van der Waals surface area contributed by atoms with Crippen LogP contribution in [0.5, 0.6) is 0 Å². The van der Waals surface area contributed by atoms with Crippen molar-refractivity contribution in [3.8, 4) is 0 Å². The standard InChI is InChI=1S/C24H44/c1-6-9-10-15-23(8-3)24(21(5)12-7-2)19-16-20(4)13-11-14-22-17-18-22/h16,19-20,22-23H,6-15,17-18H2,1-5H3.